The van der Waals surface area contributed by atoms with E-state index in [4.69, 9.17) is 5.11 Å². The van der Waals surface area contributed by atoms with Gasteiger partial charge in [-0.2, -0.15) is 5.10 Å². The highest BCUT2D eigenvalue weighted by Gasteiger charge is 2.17. The highest BCUT2D eigenvalue weighted by molar-refractivity contribution is 9.10. The van der Waals surface area contributed by atoms with Crippen LogP contribution in [0.5, 0.6) is 0 Å². The monoisotopic (exact) mass is 298 g/mol. The molecule has 0 aliphatic heterocycles. The third-order valence-electron chi connectivity index (χ3n) is 2.25. The molecule has 2 aromatic rings. The molecule has 1 heterocycles. The molecule has 0 fully saturated rings. The summed E-state index contributed by atoms with van der Waals surface area (Å²) in [4.78, 5) is 10.8. The molecular formula is C11H8BrFN2O2. The van der Waals surface area contributed by atoms with Gasteiger partial charge in [0.1, 0.15) is 5.69 Å². The number of hydrogen-bond donors (Lipinski definition) is 1. The number of aromatic nitrogens is 2. The summed E-state index contributed by atoms with van der Waals surface area (Å²) in [5.41, 5.74) is 0.980. The molecule has 88 valence electrons. The zero-order valence-electron chi connectivity index (χ0n) is 8.82. The van der Waals surface area contributed by atoms with Crippen molar-refractivity contribution in [2.75, 3.05) is 0 Å². The average Bonchev–Trinajstić information content (AvgIpc) is 2.68. The van der Waals surface area contributed by atoms with Gasteiger partial charge in [0.2, 0.25) is 0 Å². The molecule has 4 nitrogen and oxygen atoms in total. The van der Waals surface area contributed by atoms with Crippen molar-refractivity contribution in [1.82, 2.24) is 9.78 Å². The van der Waals surface area contributed by atoms with Gasteiger partial charge in [0.05, 0.1) is 16.2 Å². The number of carbonyl (C=O) groups is 1. The zero-order chi connectivity index (χ0) is 12.6. The van der Waals surface area contributed by atoms with Gasteiger partial charge in [-0.15, -0.1) is 0 Å². The SMILES string of the molecule is Cc1cnn(-c2ccc(C(=O)O)c(Br)c2F)c1. The summed E-state index contributed by atoms with van der Waals surface area (Å²) in [7, 11) is 0. The predicted octanol–water partition coefficient (Wildman–Crippen LogP) is 2.78. The first-order valence-corrected chi connectivity index (χ1v) is 5.53. The lowest BCUT2D eigenvalue weighted by atomic mass is 10.2. The van der Waals surface area contributed by atoms with Gasteiger partial charge in [0.25, 0.3) is 0 Å². The largest absolute Gasteiger partial charge is 0.478 e. The van der Waals surface area contributed by atoms with Gasteiger partial charge in [-0.05, 0) is 40.5 Å². The second-order valence-electron chi connectivity index (χ2n) is 3.53. The van der Waals surface area contributed by atoms with Crippen LogP contribution >= 0.6 is 15.9 Å². The maximum atomic E-state index is 13.9. The number of carboxylic acid groups (broad SMARTS) is 1. The highest BCUT2D eigenvalue weighted by atomic mass is 79.9. The third kappa shape index (κ3) is 2.08. The van der Waals surface area contributed by atoms with E-state index in [-0.39, 0.29) is 15.7 Å². The number of hydrogen-bond acceptors (Lipinski definition) is 2. The Balaban J connectivity index is 2.58. The summed E-state index contributed by atoms with van der Waals surface area (Å²) in [5, 5.41) is 12.8. The number of halogens is 2. The summed E-state index contributed by atoms with van der Waals surface area (Å²) in [6, 6.07) is 2.72. The van der Waals surface area contributed by atoms with Crippen LogP contribution in [-0.2, 0) is 0 Å². The van der Waals surface area contributed by atoms with Gasteiger partial charge >= 0.3 is 5.97 Å². The van der Waals surface area contributed by atoms with Gasteiger partial charge in [-0.1, -0.05) is 0 Å². The lowest BCUT2D eigenvalue weighted by Gasteiger charge is -2.06. The zero-order valence-corrected chi connectivity index (χ0v) is 10.4. The highest BCUT2D eigenvalue weighted by Crippen LogP contribution is 2.26. The van der Waals surface area contributed by atoms with Crippen LogP contribution in [0.3, 0.4) is 0 Å². The van der Waals surface area contributed by atoms with Crippen LogP contribution < -0.4 is 0 Å². The molecule has 1 N–H and O–H groups in total. The Hall–Kier alpha value is -1.69. The van der Waals surface area contributed by atoms with E-state index in [0.717, 1.165) is 5.56 Å². The number of carboxylic acids is 1. The third-order valence-corrected chi connectivity index (χ3v) is 3.03. The molecule has 0 aliphatic rings. The fourth-order valence-corrected chi connectivity index (χ4v) is 1.93. The molecule has 2 rings (SSSR count). The standard InChI is InChI=1S/C11H8BrFN2O2/c1-6-4-14-15(5-6)8-3-2-7(11(16)17)9(12)10(8)13/h2-5H,1H3,(H,16,17). The van der Waals surface area contributed by atoms with Gasteiger partial charge < -0.3 is 5.11 Å². The van der Waals surface area contributed by atoms with Gasteiger partial charge in [0, 0.05) is 6.20 Å². The van der Waals surface area contributed by atoms with Crippen molar-refractivity contribution in [2.45, 2.75) is 6.92 Å². The molecule has 1 aromatic carbocycles. The molecule has 0 radical (unpaired) electrons. The number of benzene rings is 1. The Kier molecular flexibility index (Phi) is 2.97. The molecule has 0 bridgehead atoms. The topological polar surface area (TPSA) is 55.1 Å². The fraction of sp³-hybridized carbons (Fsp3) is 0.0909. The summed E-state index contributed by atoms with van der Waals surface area (Å²) in [5.74, 6) is -1.83. The van der Waals surface area contributed by atoms with Crippen molar-refractivity contribution in [1.29, 1.82) is 0 Å². The first-order chi connectivity index (χ1) is 8.00. The van der Waals surface area contributed by atoms with Gasteiger partial charge in [0.15, 0.2) is 5.82 Å². The quantitative estimate of drug-likeness (QED) is 0.927. The molecule has 0 amide bonds. The Morgan fingerprint density at radius 3 is 2.76 bits per heavy atom. The van der Waals surface area contributed by atoms with Crippen LogP contribution in [0.1, 0.15) is 15.9 Å². The lowest BCUT2D eigenvalue weighted by Crippen LogP contribution is -2.04. The molecule has 0 saturated heterocycles. The molecule has 6 heteroatoms. The molecule has 17 heavy (non-hydrogen) atoms. The minimum absolute atomic E-state index is 0.0735. The second-order valence-corrected chi connectivity index (χ2v) is 4.32. The van der Waals surface area contributed by atoms with Crippen LogP contribution in [-0.4, -0.2) is 20.9 Å². The van der Waals surface area contributed by atoms with E-state index in [2.05, 4.69) is 21.0 Å². The maximum absolute atomic E-state index is 13.9. The fourth-order valence-electron chi connectivity index (χ4n) is 1.43. The molecule has 0 atom stereocenters. The van der Waals surface area contributed by atoms with E-state index in [1.165, 1.54) is 16.8 Å². The van der Waals surface area contributed by atoms with E-state index >= 15 is 0 Å². The van der Waals surface area contributed by atoms with Crippen molar-refractivity contribution >= 4 is 21.9 Å². The van der Waals surface area contributed by atoms with Crippen molar-refractivity contribution in [3.63, 3.8) is 0 Å². The molecule has 0 unspecified atom stereocenters. The van der Waals surface area contributed by atoms with E-state index < -0.39 is 11.8 Å². The first-order valence-electron chi connectivity index (χ1n) is 4.73. The lowest BCUT2D eigenvalue weighted by molar-refractivity contribution is 0.0695. The van der Waals surface area contributed by atoms with E-state index in [0.29, 0.717) is 0 Å². The Morgan fingerprint density at radius 2 is 2.24 bits per heavy atom. The van der Waals surface area contributed by atoms with Crippen LogP contribution in [0.4, 0.5) is 4.39 Å². The van der Waals surface area contributed by atoms with E-state index in [9.17, 15) is 9.18 Å². The van der Waals surface area contributed by atoms with Crippen LogP contribution in [0.25, 0.3) is 5.69 Å². The minimum atomic E-state index is -1.18. The Bertz CT molecular complexity index is 595. The van der Waals surface area contributed by atoms with Crippen LogP contribution in [0, 0.1) is 12.7 Å². The molecule has 0 saturated carbocycles. The van der Waals surface area contributed by atoms with E-state index in [1.807, 2.05) is 6.92 Å². The summed E-state index contributed by atoms with van der Waals surface area (Å²) >= 11 is 2.94. The van der Waals surface area contributed by atoms with Gasteiger partial charge in [-0.25, -0.2) is 13.9 Å². The summed E-state index contributed by atoms with van der Waals surface area (Å²) in [6.07, 6.45) is 3.25. The van der Waals surface area contributed by atoms with Crippen molar-refractivity contribution in [3.8, 4) is 5.69 Å². The molecule has 0 spiro atoms. The first kappa shape index (κ1) is 11.8. The van der Waals surface area contributed by atoms with E-state index in [1.54, 1.807) is 12.4 Å². The van der Waals surface area contributed by atoms with Crippen LogP contribution in [0.2, 0.25) is 0 Å². The summed E-state index contributed by atoms with van der Waals surface area (Å²) < 4.78 is 15.2. The smallest absolute Gasteiger partial charge is 0.336 e. The summed E-state index contributed by atoms with van der Waals surface area (Å²) in [6.45, 7) is 1.84. The molecule has 0 aliphatic carbocycles. The Morgan fingerprint density at radius 1 is 1.53 bits per heavy atom. The maximum Gasteiger partial charge on any atom is 0.336 e. The van der Waals surface area contributed by atoms with Crippen molar-refractivity contribution < 1.29 is 14.3 Å². The molecular weight excluding hydrogens is 291 g/mol. The van der Waals surface area contributed by atoms with Crippen molar-refractivity contribution in [3.05, 3.63) is 45.9 Å². The van der Waals surface area contributed by atoms with Crippen LogP contribution in [0.15, 0.2) is 29.0 Å². The van der Waals surface area contributed by atoms with Crippen molar-refractivity contribution in [2.24, 2.45) is 0 Å². The normalized spacial score (nSPS) is 10.5. The number of rotatable bonds is 2. The minimum Gasteiger partial charge on any atom is -0.478 e. The predicted molar refractivity (Wildman–Crippen MR) is 62.9 cm³/mol. The second kappa shape index (κ2) is 4.29. The molecule has 1 aromatic heterocycles. The number of aryl methyl sites for hydroxylation is 1. The Labute approximate surface area is 105 Å². The number of aromatic carboxylic acids is 1. The number of nitrogens with zero attached hydrogens (tertiary/aromatic N) is 2. The average molecular weight is 299 g/mol. The van der Waals surface area contributed by atoms with Gasteiger partial charge in [-0.3, -0.25) is 0 Å².